The number of carbonyl (C=O) groups is 3. The van der Waals surface area contributed by atoms with Crippen molar-refractivity contribution >= 4 is 18.0 Å². The fraction of sp³-hybridized carbons (Fsp3) is 0.667. The van der Waals surface area contributed by atoms with Crippen LogP contribution in [0.3, 0.4) is 0 Å². The number of nitrogens with one attached hydrogen (secondary N) is 1. The molecule has 1 aliphatic rings. The van der Waals surface area contributed by atoms with E-state index in [-0.39, 0.29) is 31.2 Å². The number of unbranched alkanes of at least 4 members (excludes halogenated alkanes) is 7. The lowest BCUT2D eigenvalue weighted by molar-refractivity contribution is -0.164. The molecule has 1 saturated carbocycles. The summed E-state index contributed by atoms with van der Waals surface area (Å²) in [6.45, 7) is 3.72. The Hall–Kier alpha value is -2.71. The van der Waals surface area contributed by atoms with Gasteiger partial charge in [0.05, 0.1) is 0 Å². The highest BCUT2D eigenvalue weighted by Crippen LogP contribution is 2.39. The lowest BCUT2D eigenvalue weighted by Crippen LogP contribution is -2.41. The number of aryl methyl sites for hydroxylation is 1. The van der Waals surface area contributed by atoms with Crippen molar-refractivity contribution in [1.29, 1.82) is 0 Å². The first-order valence-corrected chi connectivity index (χ1v) is 13.0. The second kappa shape index (κ2) is 14.1. The van der Waals surface area contributed by atoms with Crippen molar-refractivity contribution in [2.75, 3.05) is 0 Å². The van der Waals surface area contributed by atoms with Crippen molar-refractivity contribution < 1.29 is 38.1 Å². The van der Waals surface area contributed by atoms with Gasteiger partial charge >= 0.3 is 18.0 Å². The minimum Gasteiger partial charge on any atom is -0.480 e. The van der Waals surface area contributed by atoms with E-state index >= 15 is 0 Å². The van der Waals surface area contributed by atoms with Crippen LogP contribution in [0.1, 0.15) is 95.6 Å². The molecule has 0 bridgehead atoms. The minimum absolute atomic E-state index is 0.0347. The van der Waals surface area contributed by atoms with Gasteiger partial charge in [0, 0.05) is 12.5 Å². The predicted octanol–water partition coefficient (Wildman–Crippen LogP) is 6.01. The molecule has 1 aromatic carbocycles. The third-order valence-electron chi connectivity index (χ3n) is 7.01. The van der Waals surface area contributed by atoms with Crippen LogP contribution < -0.4 is 5.32 Å². The summed E-state index contributed by atoms with van der Waals surface area (Å²) in [5.41, 5.74) is -1.49. The highest BCUT2D eigenvalue weighted by molar-refractivity contribution is 5.98. The Bertz CT molecular complexity index is 892. The topological polar surface area (TPSA) is 113 Å². The zero-order valence-electron chi connectivity index (χ0n) is 21.3. The van der Waals surface area contributed by atoms with E-state index in [1.54, 1.807) is 13.0 Å². The van der Waals surface area contributed by atoms with Gasteiger partial charge < -0.3 is 20.3 Å². The maximum Gasteiger partial charge on any atom is 0.407 e. The first kappa shape index (κ1) is 29.5. The monoisotopic (exact) mass is 511 g/mol. The molecule has 1 amide bonds. The number of amides is 1. The van der Waals surface area contributed by atoms with Crippen molar-refractivity contribution in [3.8, 4) is 0 Å². The number of rotatable bonds is 15. The molecule has 2 unspecified atom stereocenters. The average Bonchev–Trinajstić information content (AvgIpc) is 3.25. The molecule has 0 aliphatic heterocycles. The molecule has 3 N–H and O–H groups in total. The quantitative estimate of drug-likeness (QED) is 0.196. The van der Waals surface area contributed by atoms with Crippen molar-refractivity contribution in [3.05, 3.63) is 34.9 Å². The maximum atomic E-state index is 14.6. The molecule has 1 fully saturated rings. The molecule has 0 aromatic heterocycles. The Labute approximate surface area is 211 Å². The van der Waals surface area contributed by atoms with Gasteiger partial charge in [-0.15, -0.1) is 0 Å². The Morgan fingerprint density at radius 3 is 2.14 bits per heavy atom. The van der Waals surface area contributed by atoms with E-state index in [1.807, 2.05) is 0 Å². The van der Waals surface area contributed by atoms with Crippen LogP contribution in [0.25, 0.3) is 0 Å². The summed E-state index contributed by atoms with van der Waals surface area (Å²) in [5.74, 6) is -4.68. The standard InChI is InChI=1S/C27H39F2NO6/c1-3-4-5-6-7-8-9-10-11-19-12-13-20(23(29)22(19)28)16-18(2)36-26(35)30-21-14-15-27(17-21,24(31)32)25(33)34/h12-13,18,21H,3-11,14-17H2,1-2H3,(H,30,35)(H,31,32)(H,33,34). The molecule has 0 saturated heterocycles. The van der Waals surface area contributed by atoms with E-state index in [1.165, 1.54) is 38.2 Å². The summed E-state index contributed by atoms with van der Waals surface area (Å²) in [4.78, 5) is 35.0. The highest BCUT2D eigenvalue weighted by atomic mass is 19.2. The summed E-state index contributed by atoms with van der Waals surface area (Å²) in [6.07, 6.45) is 7.62. The van der Waals surface area contributed by atoms with Gasteiger partial charge in [-0.3, -0.25) is 9.59 Å². The fourth-order valence-electron chi connectivity index (χ4n) is 4.81. The molecule has 0 spiro atoms. The largest absolute Gasteiger partial charge is 0.480 e. The second-order valence-electron chi connectivity index (χ2n) is 9.93. The van der Waals surface area contributed by atoms with Gasteiger partial charge in [0.2, 0.25) is 0 Å². The lowest BCUT2D eigenvalue weighted by atomic mass is 9.86. The van der Waals surface area contributed by atoms with E-state index in [4.69, 9.17) is 4.74 Å². The molecule has 2 rings (SSSR count). The fourth-order valence-corrected chi connectivity index (χ4v) is 4.81. The molecule has 2 atom stereocenters. The Balaban J connectivity index is 1.79. The van der Waals surface area contributed by atoms with Crippen LogP contribution in [0.5, 0.6) is 0 Å². The summed E-state index contributed by atoms with van der Waals surface area (Å²) in [5, 5.41) is 21.0. The number of halogens is 2. The Morgan fingerprint density at radius 2 is 1.56 bits per heavy atom. The molecule has 7 nitrogen and oxygen atoms in total. The number of benzene rings is 1. The summed E-state index contributed by atoms with van der Waals surface area (Å²) in [7, 11) is 0. The molecule has 202 valence electrons. The number of carboxylic acid groups (broad SMARTS) is 2. The number of hydrogen-bond acceptors (Lipinski definition) is 4. The number of ether oxygens (including phenoxy) is 1. The van der Waals surface area contributed by atoms with E-state index < -0.39 is 47.2 Å². The predicted molar refractivity (Wildman–Crippen MR) is 131 cm³/mol. The van der Waals surface area contributed by atoms with E-state index in [9.17, 15) is 33.4 Å². The Morgan fingerprint density at radius 1 is 1.00 bits per heavy atom. The zero-order valence-corrected chi connectivity index (χ0v) is 21.3. The summed E-state index contributed by atoms with van der Waals surface area (Å²) in [6, 6.07) is 2.43. The van der Waals surface area contributed by atoms with Gasteiger partial charge in [-0.1, -0.05) is 64.0 Å². The van der Waals surface area contributed by atoms with Gasteiger partial charge in [-0.05, 0) is 50.2 Å². The number of alkyl carbamates (subject to hydrolysis) is 1. The van der Waals surface area contributed by atoms with Crippen molar-refractivity contribution in [2.45, 2.75) is 109 Å². The van der Waals surface area contributed by atoms with Crippen molar-refractivity contribution in [1.82, 2.24) is 5.32 Å². The van der Waals surface area contributed by atoms with Crippen LogP contribution in [0.4, 0.5) is 13.6 Å². The lowest BCUT2D eigenvalue weighted by Gasteiger charge is -2.20. The number of carboxylic acids is 2. The molecule has 9 heteroatoms. The molecular formula is C27H39F2NO6. The third kappa shape index (κ3) is 8.17. The molecule has 36 heavy (non-hydrogen) atoms. The minimum atomic E-state index is -1.93. The highest BCUT2D eigenvalue weighted by Gasteiger charge is 2.52. The van der Waals surface area contributed by atoms with Crippen LogP contribution in [-0.2, 0) is 27.2 Å². The molecule has 0 radical (unpaired) electrons. The van der Waals surface area contributed by atoms with Gasteiger partial charge in [0.1, 0.15) is 6.10 Å². The van der Waals surface area contributed by atoms with Crippen molar-refractivity contribution in [3.63, 3.8) is 0 Å². The van der Waals surface area contributed by atoms with Crippen molar-refractivity contribution in [2.24, 2.45) is 5.41 Å². The molecule has 1 aromatic rings. The second-order valence-corrected chi connectivity index (χ2v) is 9.93. The third-order valence-corrected chi connectivity index (χ3v) is 7.01. The summed E-state index contributed by atoms with van der Waals surface area (Å²) >= 11 is 0. The van der Waals surface area contributed by atoms with E-state index in [0.717, 1.165) is 19.3 Å². The molecular weight excluding hydrogens is 472 g/mol. The summed E-state index contributed by atoms with van der Waals surface area (Å²) < 4.78 is 34.4. The van der Waals surface area contributed by atoms with Gasteiger partial charge in [0.25, 0.3) is 0 Å². The van der Waals surface area contributed by atoms with Gasteiger partial charge in [-0.25, -0.2) is 13.6 Å². The van der Waals surface area contributed by atoms with Gasteiger partial charge in [-0.2, -0.15) is 0 Å². The van der Waals surface area contributed by atoms with Crippen LogP contribution in [0.2, 0.25) is 0 Å². The molecule has 0 heterocycles. The van der Waals surface area contributed by atoms with Crippen LogP contribution in [0.15, 0.2) is 12.1 Å². The molecule has 1 aliphatic carbocycles. The van der Waals surface area contributed by atoms with Crippen LogP contribution >= 0.6 is 0 Å². The SMILES string of the molecule is CCCCCCCCCCc1ccc(CC(C)OC(=O)NC2CCC(C(=O)O)(C(=O)O)C2)c(F)c1F. The zero-order chi connectivity index (χ0) is 26.7. The Kier molecular flexibility index (Phi) is 11.6. The van der Waals surface area contributed by atoms with Crippen LogP contribution in [-0.4, -0.2) is 40.4 Å². The number of hydrogen-bond donors (Lipinski definition) is 3. The normalized spacial score (nSPS) is 17.5. The van der Waals surface area contributed by atoms with E-state index in [2.05, 4.69) is 12.2 Å². The smallest absolute Gasteiger partial charge is 0.407 e. The first-order valence-electron chi connectivity index (χ1n) is 13.0. The number of carbonyl (C=O) groups excluding carboxylic acids is 1. The number of aliphatic carboxylic acids is 2. The first-order chi connectivity index (χ1) is 17.1. The van der Waals surface area contributed by atoms with Gasteiger partial charge in [0.15, 0.2) is 17.0 Å². The maximum absolute atomic E-state index is 14.6. The van der Waals surface area contributed by atoms with E-state index in [0.29, 0.717) is 12.0 Å². The average molecular weight is 512 g/mol. The van der Waals surface area contributed by atoms with Crippen LogP contribution in [0, 0.1) is 17.0 Å².